The summed E-state index contributed by atoms with van der Waals surface area (Å²) in [6.45, 7) is 3.57. The summed E-state index contributed by atoms with van der Waals surface area (Å²) in [6.07, 6.45) is 5.29. The van der Waals surface area contributed by atoms with E-state index in [1.807, 2.05) is 23.1 Å². The molecule has 1 saturated heterocycles. The van der Waals surface area contributed by atoms with E-state index in [0.717, 1.165) is 62.0 Å². The topological polar surface area (TPSA) is 81.5 Å². The molecule has 2 aromatic rings. The number of rotatable bonds is 2. The lowest BCUT2D eigenvalue weighted by atomic mass is 9.95. The van der Waals surface area contributed by atoms with Crippen molar-refractivity contribution in [1.29, 1.82) is 0 Å². The fraction of sp³-hybridized carbons (Fsp3) is 0.550. The Hall–Kier alpha value is -2.77. The van der Waals surface area contributed by atoms with Crippen LogP contribution in [0.4, 0.5) is 10.5 Å². The number of amides is 2. The number of carbonyl (C=O) groups excluding carboxylic acids is 1. The van der Waals surface area contributed by atoms with E-state index in [4.69, 9.17) is 9.47 Å². The minimum Gasteiger partial charge on any atom is -0.486 e. The van der Waals surface area contributed by atoms with Gasteiger partial charge in [-0.25, -0.2) is 4.79 Å². The number of nitrogens with one attached hydrogen (secondary N) is 1. The highest BCUT2D eigenvalue weighted by Crippen LogP contribution is 2.33. The molecule has 0 spiro atoms. The second-order valence-corrected chi connectivity index (χ2v) is 7.63. The molecule has 0 aliphatic carbocycles. The normalized spacial score (nSPS) is 19.2. The maximum absolute atomic E-state index is 12.7. The lowest BCUT2D eigenvalue weighted by Gasteiger charge is -2.32. The van der Waals surface area contributed by atoms with Crippen molar-refractivity contribution >= 4 is 11.7 Å². The summed E-state index contributed by atoms with van der Waals surface area (Å²) in [6, 6.07) is 5.44. The van der Waals surface area contributed by atoms with Crippen molar-refractivity contribution in [2.24, 2.45) is 0 Å². The Morgan fingerprint density at radius 3 is 2.71 bits per heavy atom. The third-order valence-electron chi connectivity index (χ3n) is 5.83. The van der Waals surface area contributed by atoms with Gasteiger partial charge in [-0.15, -0.1) is 10.2 Å². The molecule has 0 radical (unpaired) electrons. The Labute approximate surface area is 163 Å². The Morgan fingerprint density at radius 2 is 1.86 bits per heavy atom. The van der Waals surface area contributed by atoms with Crippen molar-refractivity contribution in [2.45, 2.75) is 44.6 Å². The van der Waals surface area contributed by atoms with Gasteiger partial charge in [-0.05, 0) is 37.8 Å². The first kappa shape index (κ1) is 17.3. The minimum absolute atomic E-state index is 0.0709. The summed E-state index contributed by atoms with van der Waals surface area (Å²) in [4.78, 5) is 14.5. The summed E-state index contributed by atoms with van der Waals surface area (Å²) >= 11 is 0. The molecule has 0 bridgehead atoms. The van der Waals surface area contributed by atoms with Gasteiger partial charge in [0.05, 0.1) is 0 Å². The van der Waals surface area contributed by atoms with Gasteiger partial charge in [-0.1, -0.05) is 0 Å². The van der Waals surface area contributed by atoms with Crippen molar-refractivity contribution in [3.63, 3.8) is 0 Å². The highest BCUT2D eigenvalue weighted by molar-refractivity contribution is 5.89. The van der Waals surface area contributed by atoms with Crippen LogP contribution in [0.3, 0.4) is 0 Å². The van der Waals surface area contributed by atoms with Gasteiger partial charge >= 0.3 is 6.03 Å². The van der Waals surface area contributed by atoms with Gasteiger partial charge < -0.3 is 24.3 Å². The highest BCUT2D eigenvalue weighted by atomic mass is 16.6. The first-order valence-electron chi connectivity index (χ1n) is 10.2. The Morgan fingerprint density at radius 1 is 1.04 bits per heavy atom. The number of piperidine rings is 1. The van der Waals surface area contributed by atoms with E-state index in [9.17, 15) is 4.79 Å². The Balaban J connectivity index is 1.20. The SMILES string of the molecule is O=C(Nc1ccc2c(c1)OCCO2)N1CCC(c2nnc3n2CCCC3)CC1. The van der Waals surface area contributed by atoms with E-state index in [1.54, 1.807) is 0 Å². The fourth-order valence-electron chi connectivity index (χ4n) is 4.30. The number of hydrogen-bond donors (Lipinski definition) is 1. The third kappa shape index (κ3) is 3.27. The zero-order valence-corrected chi connectivity index (χ0v) is 15.9. The van der Waals surface area contributed by atoms with Gasteiger partial charge in [0.1, 0.15) is 24.9 Å². The van der Waals surface area contributed by atoms with Crippen LogP contribution in [0.2, 0.25) is 0 Å². The fourth-order valence-corrected chi connectivity index (χ4v) is 4.30. The molecule has 1 aromatic carbocycles. The molecule has 0 saturated carbocycles. The average Bonchev–Trinajstić information content (AvgIpc) is 3.18. The van der Waals surface area contributed by atoms with Crippen LogP contribution in [-0.4, -0.2) is 52.0 Å². The standard InChI is InChI=1S/C20H25N5O3/c26-20(21-15-4-5-16-17(13-15)28-12-11-27-16)24-9-6-14(7-10-24)19-23-22-18-3-1-2-8-25(18)19/h4-5,13-14H,1-3,6-12H2,(H,21,26). The number of aromatic nitrogens is 3. The van der Waals surface area contributed by atoms with Crippen LogP contribution in [0.1, 0.15) is 43.3 Å². The van der Waals surface area contributed by atoms with Crippen LogP contribution < -0.4 is 14.8 Å². The molecule has 0 atom stereocenters. The summed E-state index contributed by atoms with van der Waals surface area (Å²) < 4.78 is 13.4. The lowest BCUT2D eigenvalue weighted by Crippen LogP contribution is -2.41. The van der Waals surface area contributed by atoms with Crippen molar-refractivity contribution in [1.82, 2.24) is 19.7 Å². The second-order valence-electron chi connectivity index (χ2n) is 7.63. The molecule has 3 aliphatic heterocycles. The van der Waals surface area contributed by atoms with Crippen LogP contribution in [0.5, 0.6) is 11.5 Å². The molecule has 1 N–H and O–H groups in total. The number of urea groups is 1. The van der Waals surface area contributed by atoms with Crippen LogP contribution in [0, 0.1) is 0 Å². The number of hydrogen-bond acceptors (Lipinski definition) is 5. The first-order valence-corrected chi connectivity index (χ1v) is 10.2. The molecular weight excluding hydrogens is 358 g/mol. The number of nitrogens with zero attached hydrogens (tertiary/aromatic N) is 4. The summed E-state index contributed by atoms with van der Waals surface area (Å²) in [5.74, 6) is 4.03. The Bertz CT molecular complexity index is 873. The van der Waals surface area contributed by atoms with E-state index in [2.05, 4.69) is 20.1 Å². The van der Waals surface area contributed by atoms with E-state index < -0.39 is 0 Å². The number of likely N-dealkylation sites (tertiary alicyclic amines) is 1. The van der Waals surface area contributed by atoms with E-state index in [0.29, 0.717) is 24.9 Å². The summed E-state index contributed by atoms with van der Waals surface area (Å²) in [5.41, 5.74) is 0.725. The molecule has 148 valence electrons. The van der Waals surface area contributed by atoms with Gasteiger partial charge in [0.25, 0.3) is 0 Å². The van der Waals surface area contributed by atoms with E-state index >= 15 is 0 Å². The molecule has 28 heavy (non-hydrogen) atoms. The molecule has 3 aliphatic rings. The van der Waals surface area contributed by atoms with Gasteiger partial charge in [-0.3, -0.25) is 0 Å². The molecule has 4 heterocycles. The van der Waals surface area contributed by atoms with E-state index in [-0.39, 0.29) is 6.03 Å². The quantitative estimate of drug-likeness (QED) is 0.862. The van der Waals surface area contributed by atoms with Gasteiger partial charge in [0.2, 0.25) is 0 Å². The molecule has 1 aromatic heterocycles. The van der Waals surface area contributed by atoms with Crippen molar-refractivity contribution in [3.05, 3.63) is 29.8 Å². The lowest BCUT2D eigenvalue weighted by molar-refractivity contribution is 0.171. The van der Waals surface area contributed by atoms with E-state index in [1.165, 1.54) is 12.8 Å². The van der Waals surface area contributed by atoms with Crippen LogP contribution in [0.25, 0.3) is 0 Å². The van der Waals surface area contributed by atoms with Gasteiger partial charge in [0.15, 0.2) is 11.5 Å². The Kier molecular flexibility index (Phi) is 4.54. The van der Waals surface area contributed by atoms with Gasteiger partial charge in [-0.2, -0.15) is 0 Å². The number of aryl methyl sites for hydroxylation is 1. The molecule has 2 amide bonds. The van der Waals surface area contributed by atoms with Crippen LogP contribution >= 0.6 is 0 Å². The average molecular weight is 383 g/mol. The van der Waals surface area contributed by atoms with Crippen LogP contribution in [-0.2, 0) is 13.0 Å². The molecule has 1 fully saturated rings. The summed E-state index contributed by atoms with van der Waals surface area (Å²) in [5, 5.41) is 11.8. The number of ether oxygens (including phenoxy) is 2. The van der Waals surface area contributed by atoms with Gasteiger partial charge in [0, 0.05) is 43.7 Å². The molecule has 8 heteroatoms. The van der Waals surface area contributed by atoms with Crippen LogP contribution in [0.15, 0.2) is 18.2 Å². The maximum Gasteiger partial charge on any atom is 0.321 e. The monoisotopic (exact) mass is 383 g/mol. The van der Waals surface area contributed by atoms with Crippen molar-refractivity contribution in [3.8, 4) is 11.5 Å². The third-order valence-corrected chi connectivity index (χ3v) is 5.83. The molecule has 8 nitrogen and oxygen atoms in total. The smallest absolute Gasteiger partial charge is 0.321 e. The molecule has 5 rings (SSSR count). The predicted molar refractivity (Wildman–Crippen MR) is 103 cm³/mol. The zero-order valence-electron chi connectivity index (χ0n) is 15.9. The second kappa shape index (κ2) is 7.33. The van der Waals surface area contributed by atoms with Crippen molar-refractivity contribution in [2.75, 3.05) is 31.6 Å². The number of carbonyl (C=O) groups is 1. The number of anilines is 1. The number of fused-ring (bicyclic) bond motifs is 2. The first-order chi connectivity index (χ1) is 13.8. The summed E-state index contributed by atoms with van der Waals surface area (Å²) in [7, 11) is 0. The maximum atomic E-state index is 12.7. The molecular formula is C20H25N5O3. The minimum atomic E-state index is -0.0709. The molecule has 0 unspecified atom stereocenters. The number of benzene rings is 1. The van der Waals surface area contributed by atoms with Crippen molar-refractivity contribution < 1.29 is 14.3 Å². The largest absolute Gasteiger partial charge is 0.486 e. The zero-order chi connectivity index (χ0) is 18.9. The predicted octanol–water partition coefficient (Wildman–Crippen LogP) is 2.80. The highest BCUT2D eigenvalue weighted by Gasteiger charge is 2.29.